The van der Waals surface area contributed by atoms with Gasteiger partial charge in [-0.25, -0.2) is 0 Å². The molecule has 0 saturated heterocycles. The molecule has 0 unspecified atom stereocenters. The van der Waals surface area contributed by atoms with Crippen molar-refractivity contribution in [1.29, 1.82) is 0 Å². The summed E-state index contributed by atoms with van der Waals surface area (Å²) in [4.78, 5) is 15.4. The fraction of sp³-hybridized carbons (Fsp3) is 0.167. The molecule has 2 aromatic carbocycles. The van der Waals surface area contributed by atoms with E-state index in [1.54, 1.807) is 11.3 Å². The first-order valence-corrected chi connectivity index (χ1v) is 9.85. The zero-order valence-corrected chi connectivity index (χ0v) is 14.9. The lowest BCUT2D eigenvalue weighted by Crippen LogP contribution is -2.30. The second-order valence-electron chi connectivity index (χ2n) is 5.88. The fourth-order valence-electron chi connectivity index (χ4n) is 3.25. The molecule has 0 aliphatic carbocycles. The molecule has 25 heavy (non-hydrogen) atoms. The van der Waals surface area contributed by atoms with E-state index in [2.05, 4.69) is 28.4 Å². The fourth-order valence-corrected chi connectivity index (χ4v) is 5.09. The smallest absolute Gasteiger partial charge is 0.237 e. The molecular weight excluding hydrogens is 352 g/mol. The van der Waals surface area contributed by atoms with Crippen molar-refractivity contribution in [3.63, 3.8) is 0 Å². The Morgan fingerprint density at radius 3 is 2.92 bits per heavy atom. The molecule has 7 heteroatoms. The highest BCUT2D eigenvalue weighted by Crippen LogP contribution is 2.31. The van der Waals surface area contributed by atoms with Gasteiger partial charge in [-0.2, -0.15) is 0 Å². The molecule has 3 heterocycles. The Morgan fingerprint density at radius 2 is 1.96 bits per heavy atom. The maximum absolute atomic E-state index is 12.7. The van der Waals surface area contributed by atoms with E-state index < -0.39 is 0 Å². The number of amides is 1. The monoisotopic (exact) mass is 366 g/mol. The van der Waals surface area contributed by atoms with E-state index >= 15 is 0 Å². The summed E-state index contributed by atoms with van der Waals surface area (Å²) in [7, 11) is 0. The number of rotatable bonds is 3. The van der Waals surface area contributed by atoms with Crippen LogP contribution in [-0.4, -0.2) is 32.8 Å². The number of aromatic nitrogens is 3. The van der Waals surface area contributed by atoms with E-state index in [1.165, 1.54) is 22.0 Å². The summed E-state index contributed by atoms with van der Waals surface area (Å²) in [5.74, 6) is 0.477. The van der Waals surface area contributed by atoms with Crippen molar-refractivity contribution in [2.45, 2.75) is 11.6 Å². The minimum Gasteiger partial charge on any atom is -0.311 e. The van der Waals surface area contributed by atoms with Crippen molar-refractivity contribution in [2.75, 3.05) is 17.2 Å². The quantitative estimate of drug-likeness (QED) is 0.520. The largest absolute Gasteiger partial charge is 0.311 e. The lowest BCUT2D eigenvalue weighted by Gasteiger charge is -2.16. The van der Waals surface area contributed by atoms with Crippen LogP contribution in [0.15, 0.2) is 53.7 Å². The van der Waals surface area contributed by atoms with Crippen LogP contribution >= 0.6 is 23.1 Å². The highest BCUT2D eigenvalue weighted by molar-refractivity contribution is 7.99. The Hall–Kier alpha value is -2.38. The Bertz CT molecular complexity index is 1100. The van der Waals surface area contributed by atoms with E-state index in [-0.39, 0.29) is 5.91 Å². The third-order valence-corrected chi connectivity index (χ3v) is 6.35. The molecule has 0 atom stereocenters. The van der Waals surface area contributed by atoms with Crippen molar-refractivity contribution in [1.82, 2.24) is 14.6 Å². The van der Waals surface area contributed by atoms with Gasteiger partial charge in [0.2, 0.25) is 10.9 Å². The molecule has 1 amide bonds. The topological polar surface area (TPSA) is 50.5 Å². The highest BCUT2D eigenvalue weighted by Gasteiger charge is 2.24. The second kappa shape index (κ2) is 5.86. The van der Waals surface area contributed by atoms with Crippen LogP contribution in [0.4, 0.5) is 5.69 Å². The van der Waals surface area contributed by atoms with Crippen LogP contribution in [0.5, 0.6) is 0 Å². The van der Waals surface area contributed by atoms with E-state index in [1.807, 2.05) is 39.6 Å². The second-order valence-corrected chi connectivity index (χ2v) is 7.83. The molecule has 5 nitrogen and oxygen atoms in total. The number of anilines is 1. The number of carbonyl (C=O) groups excluding carboxylic acids is 1. The number of benzene rings is 2. The molecule has 0 fully saturated rings. The zero-order chi connectivity index (χ0) is 16.8. The van der Waals surface area contributed by atoms with Gasteiger partial charge in [0.15, 0.2) is 5.16 Å². The first kappa shape index (κ1) is 14.9. The summed E-state index contributed by atoms with van der Waals surface area (Å²) < 4.78 is 3.21. The number of nitrogens with zero attached hydrogens (tertiary/aromatic N) is 4. The van der Waals surface area contributed by atoms with Gasteiger partial charge in [-0.05, 0) is 30.2 Å². The van der Waals surface area contributed by atoms with Gasteiger partial charge in [-0.1, -0.05) is 53.4 Å². The zero-order valence-electron chi connectivity index (χ0n) is 13.3. The average molecular weight is 366 g/mol. The molecule has 0 spiro atoms. The van der Waals surface area contributed by atoms with Gasteiger partial charge >= 0.3 is 0 Å². The number of hydrogen-bond donors (Lipinski definition) is 0. The Labute approximate surface area is 152 Å². The number of carbonyl (C=O) groups is 1. The maximum Gasteiger partial charge on any atom is 0.237 e. The van der Waals surface area contributed by atoms with Crippen molar-refractivity contribution < 1.29 is 4.79 Å². The molecule has 1 aliphatic heterocycles. The summed E-state index contributed by atoms with van der Waals surface area (Å²) in [6.45, 7) is 0.759. The van der Waals surface area contributed by atoms with E-state index in [0.717, 1.165) is 34.3 Å². The third-order valence-electron chi connectivity index (χ3n) is 4.42. The minimum atomic E-state index is 0.117. The molecule has 0 radical (unpaired) electrons. The molecule has 0 N–H and O–H groups in total. The van der Waals surface area contributed by atoms with Crippen molar-refractivity contribution >= 4 is 49.9 Å². The predicted octanol–water partition coefficient (Wildman–Crippen LogP) is 3.63. The Morgan fingerprint density at radius 1 is 1.12 bits per heavy atom. The number of fused-ring (bicyclic) bond motifs is 4. The first-order chi connectivity index (χ1) is 12.3. The van der Waals surface area contributed by atoms with Crippen LogP contribution < -0.4 is 4.90 Å². The van der Waals surface area contributed by atoms with Crippen LogP contribution in [0.2, 0.25) is 0 Å². The molecular formula is C18H14N4OS2. The van der Waals surface area contributed by atoms with Crippen LogP contribution in [-0.2, 0) is 11.2 Å². The van der Waals surface area contributed by atoms with Crippen molar-refractivity contribution in [3.8, 4) is 0 Å². The lowest BCUT2D eigenvalue weighted by molar-refractivity contribution is -0.116. The number of thioether (sulfide) groups is 1. The number of para-hydroxylation sites is 2. The van der Waals surface area contributed by atoms with Crippen LogP contribution in [0.3, 0.4) is 0 Å². The normalized spacial score (nSPS) is 13.7. The summed E-state index contributed by atoms with van der Waals surface area (Å²) >= 11 is 3.06. The predicted molar refractivity (Wildman–Crippen MR) is 102 cm³/mol. The van der Waals surface area contributed by atoms with Gasteiger partial charge in [-0.3, -0.25) is 9.20 Å². The maximum atomic E-state index is 12.7. The SMILES string of the molecule is O=C(CSc1nnc2sc3ccccc3n12)N1CCc2ccccc21. The van der Waals surface area contributed by atoms with Gasteiger partial charge in [0.25, 0.3) is 0 Å². The summed E-state index contributed by atoms with van der Waals surface area (Å²) in [5, 5.41) is 9.29. The third kappa shape index (κ3) is 2.42. The van der Waals surface area contributed by atoms with E-state index in [4.69, 9.17) is 0 Å². The molecule has 4 aromatic rings. The van der Waals surface area contributed by atoms with Gasteiger partial charge in [0, 0.05) is 12.2 Å². The van der Waals surface area contributed by atoms with Crippen LogP contribution in [0, 0.1) is 0 Å². The average Bonchev–Trinajstić information content (AvgIpc) is 3.33. The number of thiazole rings is 1. The molecule has 1 aliphatic rings. The van der Waals surface area contributed by atoms with Gasteiger partial charge < -0.3 is 4.90 Å². The highest BCUT2D eigenvalue weighted by atomic mass is 32.2. The van der Waals surface area contributed by atoms with E-state index in [9.17, 15) is 4.79 Å². The molecule has 0 saturated carbocycles. The molecule has 5 rings (SSSR count). The molecule has 124 valence electrons. The summed E-state index contributed by atoms with van der Waals surface area (Å²) in [5.41, 5.74) is 3.38. The summed E-state index contributed by atoms with van der Waals surface area (Å²) in [6.07, 6.45) is 0.928. The van der Waals surface area contributed by atoms with Gasteiger partial charge in [0.1, 0.15) is 0 Å². The Kier molecular flexibility index (Phi) is 3.50. The van der Waals surface area contributed by atoms with Crippen LogP contribution in [0.1, 0.15) is 5.56 Å². The van der Waals surface area contributed by atoms with Gasteiger partial charge in [-0.15, -0.1) is 10.2 Å². The Balaban J connectivity index is 1.40. The van der Waals surface area contributed by atoms with Crippen molar-refractivity contribution in [3.05, 3.63) is 54.1 Å². The minimum absolute atomic E-state index is 0.117. The first-order valence-electron chi connectivity index (χ1n) is 8.05. The summed E-state index contributed by atoms with van der Waals surface area (Å²) in [6, 6.07) is 16.3. The van der Waals surface area contributed by atoms with Gasteiger partial charge in [0.05, 0.1) is 16.0 Å². The number of hydrogen-bond acceptors (Lipinski definition) is 5. The van der Waals surface area contributed by atoms with Crippen LogP contribution in [0.25, 0.3) is 15.2 Å². The van der Waals surface area contributed by atoms with Crippen molar-refractivity contribution in [2.24, 2.45) is 0 Å². The molecule has 2 aromatic heterocycles. The lowest BCUT2D eigenvalue weighted by atomic mass is 10.2. The van der Waals surface area contributed by atoms with E-state index in [0.29, 0.717) is 5.75 Å². The molecule has 0 bridgehead atoms. The standard InChI is InChI=1S/C18H14N4OS2/c23-16(21-10-9-12-5-1-2-6-13(12)21)11-24-17-19-20-18-22(17)14-7-3-4-8-15(14)25-18/h1-8H,9-11H2.